The van der Waals surface area contributed by atoms with E-state index in [4.69, 9.17) is 0 Å². The van der Waals surface area contributed by atoms with E-state index in [9.17, 15) is 0 Å². The molecule has 1 aliphatic rings. The zero-order valence-electron chi connectivity index (χ0n) is 9.05. The molecule has 0 bridgehead atoms. The molecule has 0 unspecified atom stereocenters. The minimum atomic E-state index is 0.916. The lowest BCUT2D eigenvalue weighted by Gasteiger charge is -2.19. The summed E-state index contributed by atoms with van der Waals surface area (Å²) in [6.45, 7) is 13.1. The standard InChI is InChI=1S/C12H20N2/c1-4-12(10-11(3)13-5-2)14-8-6-7-9-14/h4,10,13H,1,3,5-9H2,2H3/b12-10+. The van der Waals surface area contributed by atoms with Crippen LogP contribution in [0.25, 0.3) is 0 Å². The van der Waals surface area contributed by atoms with Gasteiger partial charge in [-0.3, -0.25) is 0 Å². The predicted molar refractivity (Wildman–Crippen MR) is 61.9 cm³/mol. The van der Waals surface area contributed by atoms with Gasteiger partial charge in [-0.1, -0.05) is 13.2 Å². The first-order valence-electron chi connectivity index (χ1n) is 5.29. The fourth-order valence-electron chi connectivity index (χ4n) is 1.71. The van der Waals surface area contributed by atoms with Crippen molar-refractivity contribution in [1.82, 2.24) is 10.2 Å². The van der Waals surface area contributed by atoms with Crippen LogP contribution in [-0.4, -0.2) is 24.5 Å². The summed E-state index contributed by atoms with van der Waals surface area (Å²) in [5.74, 6) is 0. The number of allylic oxidation sites excluding steroid dienone is 2. The van der Waals surface area contributed by atoms with Crippen molar-refractivity contribution in [2.45, 2.75) is 19.8 Å². The molecule has 1 rings (SSSR count). The molecule has 1 heterocycles. The van der Waals surface area contributed by atoms with Gasteiger partial charge in [0.1, 0.15) is 0 Å². The Labute approximate surface area is 87.0 Å². The quantitative estimate of drug-likeness (QED) is 0.672. The number of nitrogens with zero attached hydrogens (tertiary/aromatic N) is 1. The maximum absolute atomic E-state index is 3.94. The first-order valence-corrected chi connectivity index (χ1v) is 5.29. The van der Waals surface area contributed by atoms with Gasteiger partial charge in [0.05, 0.1) is 0 Å². The number of nitrogens with one attached hydrogen (secondary N) is 1. The molecule has 0 atom stereocenters. The van der Waals surface area contributed by atoms with Crippen molar-refractivity contribution in [3.63, 3.8) is 0 Å². The van der Waals surface area contributed by atoms with Crippen LogP contribution in [0.3, 0.4) is 0 Å². The molecule has 0 radical (unpaired) electrons. The van der Waals surface area contributed by atoms with Crippen LogP contribution in [0.15, 0.2) is 36.7 Å². The molecule has 1 N–H and O–H groups in total. The minimum absolute atomic E-state index is 0.916. The Balaban J connectivity index is 2.59. The van der Waals surface area contributed by atoms with Crippen molar-refractivity contribution in [2.75, 3.05) is 19.6 Å². The molecule has 2 heteroatoms. The molecule has 14 heavy (non-hydrogen) atoms. The second-order valence-electron chi connectivity index (χ2n) is 3.52. The summed E-state index contributed by atoms with van der Waals surface area (Å²) >= 11 is 0. The fourth-order valence-corrected chi connectivity index (χ4v) is 1.71. The van der Waals surface area contributed by atoms with Crippen LogP contribution in [0.2, 0.25) is 0 Å². The summed E-state index contributed by atoms with van der Waals surface area (Å²) in [4.78, 5) is 2.36. The number of rotatable bonds is 5. The lowest BCUT2D eigenvalue weighted by atomic mass is 10.3. The number of likely N-dealkylation sites (N-methyl/N-ethyl adjacent to an activating group) is 1. The Morgan fingerprint density at radius 3 is 2.57 bits per heavy atom. The molecule has 0 spiro atoms. The molecule has 0 aromatic carbocycles. The summed E-state index contributed by atoms with van der Waals surface area (Å²) in [6.07, 6.45) is 6.56. The average molecular weight is 192 g/mol. The van der Waals surface area contributed by atoms with E-state index in [0.29, 0.717) is 0 Å². The Morgan fingerprint density at radius 1 is 1.43 bits per heavy atom. The number of hydrogen-bond donors (Lipinski definition) is 1. The fraction of sp³-hybridized carbons (Fsp3) is 0.500. The molecular weight excluding hydrogens is 172 g/mol. The van der Waals surface area contributed by atoms with Crippen molar-refractivity contribution < 1.29 is 0 Å². The van der Waals surface area contributed by atoms with Crippen LogP contribution in [-0.2, 0) is 0 Å². The SMILES string of the molecule is C=C/C(=C\C(=C)NCC)N1CCCC1. The molecule has 0 amide bonds. The monoisotopic (exact) mass is 192 g/mol. The third-order valence-corrected chi connectivity index (χ3v) is 2.41. The normalized spacial score (nSPS) is 16.9. The molecular formula is C12H20N2. The highest BCUT2D eigenvalue weighted by molar-refractivity contribution is 5.26. The Bertz CT molecular complexity index is 235. The van der Waals surface area contributed by atoms with Crippen LogP contribution in [0.1, 0.15) is 19.8 Å². The molecule has 0 aromatic heterocycles. The summed E-state index contributed by atoms with van der Waals surface area (Å²) < 4.78 is 0. The molecule has 1 aliphatic heterocycles. The van der Waals surface area contributed by atoms with Crippen molar-refractivity contribution in [3.05, 3.63) is 36.7 Å². The van der Waals surface area contributed by atoms with Crippen molar-refractivity contribution >= 4 is 0 Å². The van der Waals surface area contributed by atoms with E-state index in [0.717, 1.165) is 25.3 Å². The lowest BCUT2D eigenvalue weighted by molar-refractivity contribution is 0.440. The molecule has 78 valence electrons. The van der Waals surface area contributed by atoms with Crippen molar-refractivity contribution in [2.24, 2.45) is 0 Å². The third-order valence-electron chi connectivity index (χ3n) is 2.41. The van der Waals surface area contributed by atoms with E-state index in [1.165, 1.54) is 18.5 Å². The molecule has 1 saturated heterocycles. The molecule has 0 aliphatic carbocycles. The third kappa shape index (κ3) is 2.95. The molecule has 1 fully saturated rings. The van der Waals surface area contributed by atoms with Gasteiger partial charge in [0.15, 0.2) is 0 Å². The van der Waals surface area contributed by atoms with Gasteiger partial charge in [-0.05, 0) is 31.9 Å². The predicted octanol–water partition coefficient (Wildman–Crippen LogP) is 2.28. The zero-order chi connectivity index (χ0) is 10.4. The van der Waals surface area contributed by atoms with Gasteiger partial charge >= 0.3 is 0 Å². The van der Waals surface area contributed by atoms with E-state index in [1.54, 1.807) is 0 Å². The van der Waals surface area contributed by atoms with Crippen molar-refractivity contribution in [3.8, 4) is 0 Å². The molecule has 0 saturated carbocycles. The van der Waals surface area contributed by atoms with Gasteiger partial charge in [0.25, 0.3) is 0 Å². The summed E-state index contributed by atoms with van der Waals surface area (Å²) in [6, 6.07) is 0. The first-order chi connectivity index (χ1) is 6.77. The van der Waals surface area contributed by atoms with Crippen LogP contribution < -0.4 is 5.32 Å². The van der Waals surface area contributed by atoms with Gasteiger partial charge in [0.2, 0.25) is 0 Å². The molecule has 0 aromatic rings. The summed E-state index contributed by atoms with van der Waals surface area (Å²) in [7, 11) is 0. The highest BCUT2D eigenvalue weighted by atomic mass is 15.1. The largest absolute Gasteiger partial charge is 0.386 e. The van der Waals surface area contributed by atoms with E-state index in [-0.39, 0.29) is 0 Å². The smallest absolute Gasteiger partial charge is 0.0380 e. The second-order valence-corrected chi connectivity index (χ2v) is 3.52. The van der Waals surface area contributed by atoms with E-state index in [1.807, 2.05) is 6.08 Å². The van der Waals surface area contributed by atoms with Gasteiger partial charge < -0.3 is 10.2 Å². The maximum Gasteiger partial charge on any atom is 0.0380 e. The minimum Gasteiger partial charge on any atom is -0.386 e. The van der Waals surface area contributed by atoms with Gasteiger partial charge in [0, 0.05) is 31.0 Å². The van der Waals surface area contributed by atoms with E-state index >= 15 is 0 Å². The van der Waals surface area contributed by atoms with Gasteiger partial charge in [-0.15, -0.1) is 0 Å². The summed E-state index contributed by atoms with van der Waals surface area (Å²) in [5.41, 5.74) is 2.16. The van der Waals surface area contributed by atoms with Crippen LogP contribution in [0, 0.1) is 0 Å². The van der Waals surface area contributed by atoms with Crippen LogP contribution in [0.4, 0.5) is 0 Å². The Morgan fingerprint density at radius 2 is 2.07 bits per heavy atom. The highest BCUT2D eigenvalue weighted by Crippen LogP contribution is 2.15. The lowest BCUT2D eigenvalue weighted by Crippen LogP contribution is -2.18. The Hall–Kier alpha value is -1.18. The topological polar surface area (TPSA) is 15.3 Å². The van der Waals surface area contributed by atoms with Gasteiger partial charge in [-0.25, -0.2) is 0 Å². The zero-order valence-corrected chi connectivity index (χ0v) is 9.05. The van der Waals surface area contributed by atoms with E-state index < -0.39 is 0 Å². The molecule has 2 nitrogen and oxygen atoms in total. The number of likely N-dealkylation sites (tertiary alicyclic amines) is 1. The summed E-state index contributed by atoms with van der Waals surface area (Å²) in [5, 5.41) is 3.19. The van der Waals surface area contributed by atoms with Crippen LogP contribution >= 0.6 is 0 Å². The highest BCUT2D eigenvalue weighted by Gasteiger charge is 2.12. The second kappa shape index (κ2) is 5.53. The average Bonchev–Trinajstić information content (AvgIpc) is 2.67. The maximum atomic E-state index is 3.94. The van der Waals surface area contributed by atoms with Crippen LogP contribution in [0.5, 0.6) is 0 Å². The van der Waals surface area contributed by atoms with Gasteiger partial charge in [-0.2, -0.15) is 0 Å². The number of hydrogen-bond acceptors (Lipinski definition) is 2. The first kappa shape index (κ1) is 10.9. The Kier molecular flexibility index (Phi) is 4.30. The van der Waals surface area contributed by atoms with E-state index in [2.05, 4.69) is 36.4 Å². The van der Waals surface area contributed by atoms with Crippen molar-refractivity contribution in [1.29, 1.82) is 0 Å².